The highest BCUT2D eigenvalue weighted by Gasteiger charge is 2.31. The van der Waals surface area contributed by atoms with E-state index in [0.29, 0.717) is 16.7 Å². The highest BCUT2D eigenvalue weighted by Crippen LogP contribution is 2.44. The van der Waals surface area contributed by atoms with Crippen molar-refractivity contribution in [2.75, 3.05) is 4.72 Å². The van der Waals surface area contributed by atoms with Gasteiger partial charge in [0.05, 0.1) is 21.0 Å². The summed E-state index contributed by atoms with van der Waals surface area (Å²) in [6.45, 7) is 0. The predicted octanol–water partition coefficient (Wildman–Crippen LogP) is 5.99. The van der Waals surface area contributed by atoms with Crippen molar-refractivity contribution in [1.82, 2.24) is 4.37 Å². The SMILES string of the molecule is O=C(O)c1ccc(C2CC2)c(S(=O)(=O)Nc2cc(-c3ccns3)ccc2-c2cccc(F)c2)c1. The number of benzene rings is 3. The van der Waals surface area contributed by atoms with E-state index in [0.717, 1.165) is 23.3 Å². The molecule has 4 aromatic rings. The summed E-state index contributed by atoms with van der Waals surface area (Å²) in [5.74, 6) is -1.56. The summed E-state index contributed by atoms with van der Waals surface area (Å²) in [7, 11) is -4.15. The van der Waals surface area contributed by atoms with Crippen LogP contribution >= 0.6 is 11.5 Å². The lowest BCUT2D eigenvalue weighted by molar-refractivity contribution is 0.0696. The third kappa shape index (κ3) is 4.44. The zero-order valence-corrected chi connectivity index (χ0v) is 19.4. The number of sulfonamides is 1. The summed E-state index contributed by atoms with van der Waals surface area (Å²) in [5, 5.41) is 9.42. The number of halogens is 1. The summed E-state index contributed by atoms with van der Waals surface area (Å²) < 4.78 is 47.9. The molecular weight excluding hydrogens is 475 g/mol. The van der Waals surface area contributed by atoms with E-state index >= 15 is 0 Å². The molecule has 1 heterocycles. The Balaban J connectivity index is 1.64. The number of hydrogen-bond donors (Lipinski definition) is 2. The van der Waals surface area contributed by atoms with Gasteiger partial charge in [0.15, 0.2) is 0 Å². The molecule has 1 saturated carbocycles. The molecule has 34 heavy (non-hydrogen) atoms. The second-order valence-corrected chi connectivity index (χ2v) is 10.6. The first-order chi connectivity index (χ1) is 16.3. The van der Waals surface area contributed by atoms with Gasteiger partial charge in [-0.15, -0.1) is 0 Å². The van der Waals surface area contributed by atoms with E-state index < -0.39 is 21.8 Å². The molecule has 3 aromatic carbocycles. The van der Waals surface area contributed by atoms with Crippen molar-refractivity contribution in [2.24, 2.45) is 0 Å². The third-order valence-electron chi connectivity index (χ3n) is 5.69. The maximum absolute atomic E-state index is 14.0. The molecular formula is C25H19FN2O4S2. The van der Waals surface area contributed by atoms with E-state index in [2.05, 4.69) is 9.10 Å². The van der Waals surface area contributed by atoms with Crippen molar-refractivity contribution >= 4 is 33.2 Å². The molecule has 1 aromatic heterocycles. The van der Waals surface area contributed by atoms with Crippen LogP contribution in [0.15, 0.2) is 77.8 Å². The lowest BCUT2D eigenvalue weighted by Crippen LogP contribution is -2.16. The molecule has 172 valence electrons. The normalized spacial score (nSPS) is 13.6. The fourth-order valence-corrected chi connectivity index (χ4v) is 5.87. The van der Waals surface area contributed by atoms with Gasteiger partial charge in [-0.05, 0) is 83.4 Å². The standard InChI is InChI=1S/C25H19FN2O4S2/c26-19-3-1-2-16(12-19)20-8-6-17(23-10-11-27-33-23)13-22(20)28-34(31,32)24-14-18(25(29)30)7-9-21(24)15-4-5-15/h1-3,6-15,28H,4-5H2,(H,29,30). The van der Waals surface area contributed by atoms with Gasteiger partial charge >= 0.3 is 5.97 Å². The van der Waals surface area contributed by atoms with E-state index in [-0.39, 0.29) is 22.1 Å². The zero-order chi connectivity index (χ0) is 23.9. The lowest BCUT2D eigenvalue weighted by atomic mass is 10.0. The Kier molecular flexibility index (Phi) is 5.66. The van der Waals surface area contributed by atoms with Crippen molar-refractivity contribution < 1.29 is 22.7 Å². The van der Waals surface area contributed by atoms with Gasteiger partial charge in [-0.1, -0.05) is 30.3 Å². The first-order valence-corrected chi connectivity index (χ1v) is 12.8. The average molecular weight is 495 g/mol. The summed E-state index contributed by atoms with van der Waals surface area (Å²) in [4.78, 5) is 12.3. The number of rotatable bonds is 7. The van der Waals surface area contributed by atoms with E-state index in [9.17, 15) is 22.7 Å². The maximum Gasteiger partial charge on any atom is 0.335 e. The topological polar surface area (TPSA) is 96.4 Å². The highest BCUT2D eigenvalue weighted by molar-refractivity contribution is 7.92. The quantitative estimate of drug-likeness (QED) is 0.329. The number of aromatic nitrogens is 1. The molecule has 0 amide bonds. The van der Waals surface area contributed by atoms with Gasteiger partial charge in [-0.2, -0.15) is 0 Å². The Hall–Kier alpha value is -3.56. The van der Waals surface area contributed by atoms with Crippen LogP contribution in [0.1, 0.15) is 34.7 Å². The van der Waals surface area contributed by atoms with Crippen molar-refractivity contribution in [1.29, 1.82) is 0 Å². The first kappa shape index (κ1) is 22.2. The van der Waals surface area contributed by atoms with Crippen LogP contribution in [0, 0.1) is 5.82 Å². The van der Waals surface area contributed by atoms with E-state index in [1.807, 2.05) is 12.1 Å². The summed E-state index contributed by atoms with van der Waals surface area (Å²) in [6, 6.07) is 17.2. The zero-order valence-electron chi connectivity index (χ0n) is 17.7. The van der Waals surface area contributed by atoms with Crippen LogP contribution in [0.4, 0.5) is 10.1 Å². The monoisotopic (exact) mass is 494 g/mol. The molecule has 0 unspecified atom stereocenters. The van der Waals surface area contributed by atoms with Crippen molar-refractivity contribution in [3.63, 3.8) is 0 Å². The number of nitrogens with zero attached hydrogens (tertiary/aromatic N) is 1. The Morgan fingerprint density at radius 3 is 2.53 bits per heavy atom. The van der Waals surface area contributed by atoms with Crippen molar-refractivity contribution in [3.8, 4) is 21.6 Å². The minimum atomic E-state index is -4.15. The molecule has 9 heteroatoms. The molecule has 2 N–H and O–H groups in total. The summed E-state index contributed by atoms with van der Waals surface area (Å²) >= 11 is 1.27. The van der Waals surface area contributed by atoms with Crippen LogP contribution < -0.4 is 4.72 Å². The Morgan fingerprint density at radius 2 is 1.85 bits per heavy atom. The van der Waals surface area contributed by atoms with Crippen molar-refractivity contribution in [3.05, 3.63) is 89.9 Å². The number of hydrogen-bond acceptors (Lipinski definition) is 5. The van der Waals surface area contributed by atoms with Gasteiger partial charge in [-0.25, -0.2) is 22.0 Å². The average Bonchev–Trinajstić information content (AvgIpc) is 3.51. The van der Waals surface area contributed by atoms with Crippen LogP contribution in [-0.4, -0.2) is 23.9 Å². The molecule has 0 radical (unpaired) electrons. The summed E-state index contributed by atoms with van der Waals surface area (Å²) in [5.41, 5.74) is 2.52. The number of carboxylic acid groups (broad SMARTS) is 1. The van der Waals surface area contributed by atoms with Gasteiger partial charge in [0.2, 0.25) is 0 Å². The highest BCUT2D eigenvalue weighted by atomic mass is 32.2. The molecule has 1 fully saturated rings. The fraction of sp³-hybridized carbons (Fsp3) is 0.120. The smallest absolute Gasteiger partial charge is 0.335 e. The Morgan fingerprint density at radius 1 is 1.03 bits per heavy atom. The molecule has 0 saturated heterocycles. The molecule has 5 rings (SSSR count). The van der Waals surface area contributed by atoms with Crippen molar-refractivity contribution in [2.45, 2.75) is 23.7 Å². The Labute approximate surface area is 199 Å². The second kappa shape index (κ2) is 8.66. The van der Waals surface area contributed by atoms with E-state index in [4.69, 9.17) is 0 Å². The number of carboxylic acids is 1. The van der Waals surface area contributed by atoms with Crippen LogP contribution in [0.25, 0.3) is 21.6 Å². The maximum atomic E-state index is 14.0. The number of anilines is 1. The fourth-order valence-electron chi connectivity index (χ4n) is 3.89. The minimum absolute atomic E-state index is 0.0525. The van der Waals surface area contributed by atoms with E-state index in [1.165, 1.54) is 35.8 Å². The van der Waals surface area contributed by atoms with Crippen LogP contribution in [-0.2, 0) is 10.0 Å². The Bertz CT molecular complexity index is 1500. The van der Waals surface area contributed by atoms with Gasteiger partial charge < -0.3 is 5.11 Å². The number of carbonyl (C=O) groups is 1. The van der Waals surface area contributed by atoms with Crippen LogP contribution in [0.3, 0.4) is 0 Å². The molecule has 1 aliphatic carbocycles. The molecule has 0 spiro atoms. The first-order valence-electron chi connectivity index (χ1n) is 10.5. The third-order valence-corrected chi connectivity index (χ3v) is 7.91. The molecule has 0 aliphatic heterocycles. The van der Waals surface area contributed by atoms with Crippen LogP contribution in [0.5, 0.6) is 0 Å². The number of nitrogens with one attached hydrogen (secondary N) is 1. The lowest BCUT2D eigenvalue weighted by Gasteiger charge is -2.17. The minimum Gasteiger partial charge on any atom is -0.478 e. The van der Waals surface area contributed by atoms with Gasteiger partial charge in [-0.3, -0.25) is 4.72 Å². The summed E-state index contributed by atoms with van der Waals surface area (Å²) in [6.07, 6.45) is 3.36. The van der Waals surface area contributed by atoms with Gasteiger partial charge in [0, 0.05) is 11.8 Å². The predicted molar refractivity (Wildman–Crippen MR) is 129 cm³/mol. The van der Waals surface area contributed by atoms with Crippen LogP contribution in [0.2, 0.25) is 0 Å². The molecule has 6 nitrogen and oxygen atoms in total. The van der Waals surface area contributed by atoms with E-state index in [1.54, 1.807) is 36.5 Å². The number of aromatic carboxylic acids is 1. The van der Waals surface area contributed by atoms with Gasteiger partial charge in [0.1, 0.15) is 5.82 Å². The molecule has 1 aliphatic rings. The van der Waals surface area contributed by atoms with Gasteiger partial charge in [0.25, 0.3) is 10.0 Å². The second-order valence-electron chi connectivity index (χ2n) is 8.08. The molecule has 0 atom stereocenters. The molecule has 0 bridgehead atoms. The largest absolute Gasteiger partial charge is 0.478 e.